The van der Waals surface area contributed by atoms with Gasteiger partial charge < -0.3 is 20.1 Å². The van der Waals surface area contributed by atoms with Crippen LogP contribution in [-0.2, 0) is 6.54 Å². The molecule has 0 saturated heterocycles. The van der Waals surface area contributed by atoms with Crippen molar-refractivity contribution in [2.75, 3.05) is 23.8 Å². The zero-order valence-corrected chi connectivity index (χ0v) is 14.4. The lowest BCUT2D eigenvalue weighted by Crippen LogP contribution is -2.17. The van der Waals surface area contributed by atoms with Crippen molar-refractivity contribution < 1.29 is 14.3 Å². The first-order valence-electron chi connectivity index (χ1n) is 8.45. The lowest BCUT2D eigenvalue weighted by Gasteiger charge is -2.18. The molecule has 0 radical (unpaired) electrons. The smallest absolute Gasteiger partial charge is 0.276 e. The van der Waals surface area contributed by atoms with Gasteiger partial charge >= 0.3 is 0 Å². The van der Waals surface area contributed by atoms with E-state index in [4.69, 9.17) is 9.47 Å². The molecule has 2 aromatic heterocycles. The van der Waals surface area contributed by atoms with Crippen LogP contribution in [0.4, 0.5) is 11.5 Å². The summed E-state index contributed by atoms with van der Waals surface area (Å²) < 4.78 is 11.0. The van der Waals surface area contributed by atoms with E-state index >= 15 is 0 Å². The lowest BCUT2D eigenvalue weighted by molar-refractivity contribution is 0.102. The molecule has 1 aliphatic rings. The van der Waals surface area contributed by atoms with E-state index in [1.807, 2.05) is 12.1 Å². The fourth-order valence-electron chi connectivity index (χ4n) is 2.56. The molecule has 0 saturated carbocycles. The first-order valence-corrected chi connectivity index (χ1v) is 8.45. The summed E-state index contributed by atoms with van der Waals surface area (Å²) in [5.74, 6) is 1.52. The van der Waals surface area contributed by atoms with Gasteiger partial charge in [-0.15, -0.1) is 10.2 Å². The highest BCUT2D eigenvalue weighted by Gasteiger charge is 2.14. The monoisotopic (exact) mass is 363 g/mol. The Hall–Kier alpha value is -3.68. The summed E-state index contributed by atoms with van der Waals surface area (Å²) in [7, 11) is 0. The van der Waals surface area contributed by atoms with E-state index in [-0.39, 0.29) is 11.6 Å². The summed E-state index contributed by atoms with van der Waals surface area (Å²) in [5, 5.41) is 14.0. The van der Waals surface area contributed by atoms with Crippen molar-refractivity contribution in [2.24, 2.45) is 0 Å². The van der Waals surface area contributed by atoms with E-state index in [0.29, 0.717) is 42.8 Å². The highest BCUT2D eigenvalue weighted by Crippen LogP contribution is 2.32. The molecule has 0 unspecified atom stereocenters. The van der Waals surface area contributed by atoms with Crippen LogP contribution in [-0.4, -0.2) is 34.3 Å². The Morgan fingerprint density at radius 3 is 2.56 bits per heavy atom. The molecule has 0 bridgehead atoms. The van der Waals surface area contributed by atoms with Crippen LogP contribution >= 0.6 is 0 Å². The molecule has 8 heteroatoms. The van der Waals surface area contributed by atoms with Gasteiger partial charge in [-0.2, -0.15) is 0 Å². The van der Waals surface area contributed by atoms with Crippen molar-refractivity contribution in [2.45, 2.75) is 6.54 Å². The zero-order chi connectivity index (χ0) is 18.5. The second-order valence-electron chi connectivity index (χ2n) is 5.83. The molecule has 3 heterocycles. The molecular formula is C19H17N5O3. The van der Waals surface area contributed by atoms with Crippen molar-refractivity contribution in [1.29, 1.82) is 0 Å². The fraction of sp³-hybridized carbons (Fsp3) is 0.158. The van der Waals surface area contributed by atoms with Gasteiger partial charge in [0.1, 0.15) is 19.0 Å². The molecule has 1 amide bonds. The number of rotatable bonds is 5. The maximum atomic E-state index is 12.4. The third-order valence-electron chi connectivity index (χ3n) is 3.92. The predicted octanol–water partition coefficient (Wildman–Crippen LogP) is 2.51. The van der Waals surface area contributed by atoms with Crippen LogP contribution in [0.5, 0.6) is 11.5 Å². The lowest BCUT2D eigenvalue weighted by atomic mass is 10.2. The van der Waals surface area contributed by atoms with E-state index in [0.717, 1.165) is 5.56 Å². The van der Waals surface area contributed by atoms with Gasteiger partial charge in [0, 0.05) is 30.7 Å². The predicted molar refractivity (Wildman–Crippen MR) is 99.0 cm³/mol. The second kappa shape index (κ2) is 7.69. The van der Waals surface area contributed by atoms with Gasteiger partial charge in [0.05, 0.1) is 0 Å². The minimum atomic E-state index is -0.347. The molecule has 0 fully saturated rings. The highest BCUT2D eigenvalue weighted by atomic mass is 16.6. The molecule has 27 heavy (non-hydrogen) atoms. The quantitative estimate of drug-likeness (QED) is 0.719. The molecule has 0 atom stereocenters. The number of nitrogens with one attached hydrogen (secondary N) is 2. The molecule has 0 spiro atoms. The number of hydrogen-bond acceptors (Lipinski definition) is 7. The first kappa shape index (κ1) is 16.8. The van der Waals surface area contributed by atoms with Gasteiger partial charge in [0.15, 0.2) is 17.2 Å². The highest BCUT2D eigenvalue weighted by molar-refractivity contribution is 6.02. The third-order valence-corrected chi connectivity index (χ3v) is 3.92. The fourth-order valence-corrected chi connectivity index (χ4v) is 2.56. The van der Waals surface area contributed by atoms with Crippen molar-refractivity contribution in [3.05, 3.63) is 66.1 Å². The molecule has 2 N–H and O–H groups in total. The number of pyridine rings is 1. The molecule has 4 rings (SSSR count). The van der Waals surface area contributed by atoms with Gasteiger partial charge in [0.25, 0.3) is 5.91 Å². The summed E-state index contributed by atoms with van der Waals surface area (Å²) in [4.78, 5) is 16.3. The average Bonchev–Trinajstić information content (AvgIpc) is 2.73. The maximum absolute atomic E-state index is 12.4. The van der Waals surface area contributed by atoms with E-state index in [1.54, 1.807) is 42.7 Å². The van der Waals surface area contributed by atoms with Crippen LogP contribution in [0.2, 0.25) is 0 Å². The van der Waals surface area contributed by atoms with E-state index in [2.05, 4.69) is 25.8 Å². The van der Waals surface area contributed by atoms with Crippen molar-refractivity contribution >= 4 is 17.4 Å². The zero-order valence-electron chi connectivity index (χ0n) is 14.4. The number of anilines is 2. The number of carbonyl (C=O) groups excluding carboxylic acids is 1. The van der Waals surface area contributed by atoms with Gasteiger partial charge in [-0.1, -0.05) is 0 Å². The summed E-state index contributed by atoms with van der Waals surface area (Å²) >= 11 is 0. The van der Waals surface area contributed by atoms with Crippen LogP contribution in [0.3, 0.4) is 0 Å². The summed E-state index contributed by atoms with van der Waals surface area (Å²) in [5.41, 5.74) is 1.90. The number of amides is 1. The first-order chi connectivity index (χ1) is 13.3. The number of benzene rings is 1. The number of ether oxygens (including phenoxy) is 2. The van der Waals surface area contributed by atoms with E-state index < -0.39 is 0 Å². The molecule has 3 aromatic rings. The van der Waals surface area contributed by atoms with Gasteiger partial charge in [-0.05, 0) is 42.0 Å². The molecule has 8 nitrogen and oxygen atoms in total. The van der Waals surface area contributed by atoms with E-state index in [9.17, 15) is 4.79 Å². The molecular weight excluding hydrogens is 346 g/mol. The molecule has 136 valence electrons. The molecule has 0 aliphatic carbocycles. The Labute approximate surface area is 155 Å². The third kappa shape index (κ3) is 4.12. The topological polar surface area (TPSA) is 98.3 Å². The summed E-state index contributed by atoms with van der Waals surface area (Å²) in [6.45, 7) is 1.61. The van der Waals surface area contributed by atoms with Crippen molar-refractivity contribution in [3.63, 3.8) is 0 Å². The number of fused-ring (bicyclic) bond motifs is 1. The Bertz CT molecular complexity index is 932. The van der Waals surface area contributed by atoms with Crippen LogP contribution in [0.25, 0.3) is 0 Å². The minimum absolute atomic E-state index is 0.222. The van der Waals surface area contributed by atoms with E-state index in [1.165, 1.54) is 0 Å². The van der Waals surface area contributed by atoms with Crippen molar-refractivity contribution in [3.8, 4) is 11.5 Å². The number of nitrogens with zero attached hydrogens (tertiary/aromatic N) is 3. The number of carbonyl (C=O) groups is 1. The standard InChI is InChI=1S/C19H17N5O3/c25-19(22-14-1-3-16-17(11-14)27-10-9-26-16)15-2-4-18(24-23-15)21-12-13-5-7-20-8-6-13/h1-8,11H,9-10,12H2,(H,21,24)(H,22,25). The Morgan fingerprint density at radius 1 is 0.963 bits per heavy atom. The number of hydrogen-bond donors (Lipinski definition) is 2. The van der Waals surface area contributed by atoms with Gasteiger partial charge in [0.2, 0.25) is 0 Å². The summed E-state index contributed by atoms with van der Waals surface area (Å²) in [6, 6.07) is 12.4. The largest absolute Gasteiger partial charge is 0.486 e. The Morgan fingerprint density at radius 2 is 1.78 bits per heavy atom. The Balaban J connectivity index is 1.37. The molecule has 1 aromatic carbocycles. The van der Waals surface area contributed by atoms with Gasteiger partial charge in [-0.25, -0.2) is 0 Å². The normalized spacial score (nSPS) is 12.3. The number of aromatic nitrogens is 3. The molecule has 1 aliphatic heterocycles. The van der Waals surface area contributed by atoms with Crippen LogP contribution in [0.15, 0.2) is 54.9 Å². The minimum Gasteiger partial charge on any atom is -0.486 e. The van der Waals surface area contributed by atoms with Gasteiger partial charge in [-0.3, -0.25) is 9.78 Å². The van der Waals surface area contributed by atoms with Crippen LogP contribution in [0, 0.1) is 0 Å². The summed E-state index contributed by atoms with van der Waals surface area (Å²) in [6.07, 6.45) is 3.46. The van der Waals surface area contributed by atoms with Crippen molar-refractivity contribution in [1.82, 2.24) is 15.2 Å². The van der Waals surface area contributed by atoms with Crippen LogP contribution in [0.1, 0.15) is 16.1 Å². The SMILES string of the molecule is O=C(Nc1ccc2c(c1)OCCO2)c1ccc(NCc2ccncc2)nn1. The Kier molecular flexibility index (Phi) is 4.78. The van der Waals surface area contributed by atoms with Crippen LogP contribution < -0.4 is 20.1 Å². The maximum Gasteiger partial charge on any atom is 0.276 e. The average molecular weight is 363 g/mol. The second-order valence-corrected chi connectivity index (χ2v) is 5.83.